The van der Waals surface area contributed by atoms with Crippen LogP contribution >= 0.6 is 0 Å². The van der Waals surface area contributed by atoms with E-state index in [0.29, 0.717) is 26.0 Å². The van der Waals surface area contributed by atoms with Gasteiger partial charge < -0.3 is 14.8 Å². The van der Waals surface area contributed by atoms with Crippen LogP contribution in [0.25, 0.3) is 0 Å². The molecule has 0 aromatic heterocycles. The van der Waals surface area contributed by atoms with Crippen molar-refractivity contribution < 1.29 is 22.7 Å². The average molecular weight is 263 g/mol. The first-order valence-corrected chi connectivity index (χ1v) is 7.43. The van der Waals surface area contributed by atoms with E-state index in [0.717, 1.165) is 0 Å². The fraction of sp³-hybridized carbons (Fsp3) is 0.900. The molecule has 0 amide bonds. The minimum atomic E-state index is -2.88. The first-order chi connectivity index (χ1) is 7.96. The van der Waals surface area contributed by atoms with E-state index in [1.165, 1.54) is 7.11 Å². The van der Waals surface area contributed by atoms with Crippen molar-refractivity contribution in [3.05, 3.63) is 0 Å². The van der Waals surface area contributed by atoms with E-state index in [1.807, 2.05) is 0 Å². The molecule has 0 aromatic carbocycles. The maximum Gasteiger partial charge on any atom is 0.336 e. The van der Waals surface area contributed by atoms with Gasteiger partial charge in [-0.25, -0.2) is 13.2 Å². The average Bonchev–Trinajstić information content (AvgIpc) is 2.34. The lowest BCUT2D eigenvalue weighted by Gasteiger charge is -2.42. The number of morpholine rings is 1. The molecule has 1 spiro atoms. The molecular weight excluding hydrogens is 246 g/mol. The quantitative estimate of drug-likeness (QED) is 0.617. The van der Waals surface area contributed by atoms with Crippen molar-refractivity contribution in [1.29, 1.82) is 0 Å². The van der Waals surface area contributed by atoms with E-state index in [2.05, 4.69) is 10.1 Å². The highest BCUT2D eigenvalue weighted by atomic mass is 32.2. The molecule has 0 radical (unpaired) electrons. The number of carbonyl (C=O) groups excluding carboxylic acids is 1. The van der Waals surface area contributed by atoms with Gasteiger partial charge in [-0.3, -0.25) is 0 Å². The summed E-state index contributed by atoms with van der Waals surface area (Å²) in [6.07, 6.45) is 0.510. The number of sulfone groups is 1. The topological polar surface area (TPSA) is 81.7 Å². The van der Waals surface area contributed by atoms with E-state index >= 15 is 0 Å². The summed E-state index contributed by atoms with van der Waals surface area (Å²) in [6.45, 7) is 0.745. The molecule has 2 heterocycles. The van der Waals surface area contributed by atoms with Crippen LogP contribution in [0, 0.1) is 0 Å². The summed E-state index contributed by atoms with van der Waals surface area (Å²) in [7, 11) is -1.56. The minimum Gasteiger partial charge on any atom is -0.467 e. The number of rotatable bonds is 1. The molecule has 0 aliphatic carbocycles. The molecule has 2 aliphatic heterocycles. The number of ether oxygens (including phenoxy) is 2. The molecule has 1 N–H and O–H groups in total. The zero-order chi connectivity index (χ0) is 12.5. The number of hydrogen-bond acceptors (Lipinski definition) is 6. The van der Waals surface area contributed by atoms with E-state index in [1.54, 1.807) is 0 Å². The summed E-state index contributed by atoms with van der Waals surface area (Å²) in [6, 6.07) is 0. The summed E-state index contributed by atoms with van der Waals surface area (Å²) >= 11 is 0. The third kappa shape index (κ3) is 2.78. The van der Waals surface area contributed by atoms with E-state index < -0.39 is 21.9 Å². The predicted octanol–water partition coefficient (Wildman–Crippen LogP) is -0.905. The Balaban J connectivity index is 1.93. The number of nitrogens with one attached hydrogen (secondary N) is 1. The lowest BCUT2D eigenvalue weighted by Crippen LogP contribution is -2.61. The Bertz CT molecular complexity index is 381. The molecule has 2 rings (SSSR count). The summed E-state index contributed by atoms with van der Waals surface area (Å²) in [5.41, 5.74) is -0.282. The van der Waals surface area contributed by atoms with Gasteiger partial charge in [0.25, 0.3) is 0 Å². The van der Waals surface area contributed by atoms with Crippen molar-refractivity contribution in [1.82, 2.24) is 5.32 Å². The van der Waals surface area contributed by atoms with Crippen LogP contribution in [0.2, 0.25) is 0 Å². The van der Waals surface area contributed by atoms with Gasteiger partial charge in [0.05, 0.1) is 25.2 Å². The van der Waals surface area contributed by atoms with Crippen LogP contribution in [-0.4, -0.2) is 57.8 Å². The highest BCUT2D eigenvalue weighted by molar-refractivity contribution is 7.91. The molecule has 1 atom stereocenters. The van der Waals surface area contributed by atoms with Gasteiger partial charge in [0.2, 0.25) is 0 Å². The summed E-state index contributed by atoms with van der Waals surface area (Å²) in [5.74, 6) is -0.0193. The molecule has 0 aromatic rings. The maximum absolute atomic E-state index is 11.4. The second-order valence-electron chi connectivity index (χ2n) is 4.64. The van der Waals surface area contributed by atoms with Gasteiger partial charge >= 0.3 is 5.97 Å². The Morgan fingerprint density at radius 1 is 1.41 bits per heavy atom. The second kappa shape index (κ2) is 4.55. The van der Waals surface area contributed by atoms with Crippen LogP contribution in [0.5, 0.6) is 0 Å². The van der Waals surface area contributed by atoms with Crippen molar-refractivity contribution in [2.24, 2.45) is 0 Å². The van der Waals surface area contributed by atoms with Gasteiger partial charge in [0, 0.05) is 12.1 Å². The number of methoxy groups -OCH3 is 1. The Hall–Kier alpha value is -0.660. The lowest BCUT2D eigenvalue weighted by molar-refractivity contribution is -0.159. The van der Waals surface area contributed by atoms with Gasteiger partial charge in [0.15, 0.2) is 6.10 Å². The Morgan fingerprint density at radius 2 is 2.06 bits per heavy atom. The highest BCUT2D eigenvalue weighted by Crippen LogP contribution is 2.27. The van der Waals surface area contributed by atoms with Gasteiger partial charge in [-0.05, 0) is 12.8 Å². The summed E-state index contributed by atoms with van der Waals surface area (Å²) < 4.78 is 32.8. The fourth-order valence-electron chi connectivity index (χ4n) is 2.21. The minimum absolute atomic E-state index is 0.187. The highest BCUT2D eigenvalue weighted by Gasteiger charge is 2.42. The third-order valence-corrected chi connectivity index (χ3v) is 5.12. The van der Waals surface area contributed by atoms with Gasteiger partial charge in [-0.15, -0.1) is 0 Å². The second-order valence-corrected chi connectivity index (χ2v) is 6.94. The molecule has 2 saturated heterocycles. The smallest absolute Gasteiger partial charge is 0.336 e. The van der Waals surface area contributed by atoms with Crippen molar-refractivity contribution >= 4 is 15.8 Å². The number of carbonyl (C=O) groups is 1. The van der Waals surface area contributed by atoms with E-state index in [9.17, 15) is 13.2 Å². The summed E-state index contributed by atoms with van der Waals surface area (Å²) in [4.78, 5) is 11.3. The molecule has 6 nitrogen and oxygen atoms in total. The maximum atomic E-state index is 11.4. The first kappa shape index (κ1) is 12.8. The van der Waals surface area contributed by atoms with Crippen LogP contribution in [0.15, 0.2) is 0 Å². The predicted molar refractivity (Wildman–Crippen MR) is 60.4 cm³/mol. The van der Waals surface area contributed by atoms with Crippen molar-refractivity contribution in [3.63, 3.8) is 0 Å². The van der Waals surface area contributed by atoms with Crippen molar-refractivity contribution in [2.45, 2.75) is 24.5 Å². The summed E-state index contributed by atoms with van der Waals surface area (Å²) in [5, 5.41) is 3.25. The molecule has 98 valence electrons. The monoisotopic (exact) mass is 263 g/mol. The SMILES string of the molecule is COC(=O)C1CNC2(CCS(=O)(=O)CC2)CO1. The zero-order valence-corrected chi connectivity index (χ0v) is 10.6. The fourth-order valence-corrected chi connectivity index (χ4v) is 3.82. The van der Waals surface area contributed by atoms with Crippen LogP contribution in [0.3, 0.4) is 0 Å². The zero-order valence-electron chi connectivity index (χ0n) is 9.77. The Morgan fingerprint density at radius 3 is 2.53 bits per heavy atom. The largest absolute Gasteiger partial charge is 0.467 e. The van der Waals surface area contributed by atoms with Crippen LogP contribution in [-0.2, 0) is 24.1 Å². The Kier molecular flexibility index (Phi) is 3.42. The lowest BCUT2D eigenvalue weighted by atomic mass is 9.91. The standard InChI is InChI=1S/C10H17NO5S/c1-15-9(12)8-6-11-10(7-16-8)2-4-17(13,14)5-3-10/h8,11H,2-7H2,1H3. The molecule has 0 bridgehead atoms. The normalized spacial score (nSPS) is 31.0. The van der Waals surface area contributed by atoms with E-state index in [4.69, 9.17) is 4.74 Å². The van der Waals surface area contributed by atoms with Gasteiger partial charge in [-0.1, -0.05) is 0 Å². The van der Waals surface area contributed by atoms with Crippen molar-refractivity contribution in [3.8, 4) is 0 Å². The Labute approximate surface area is 101 Å². The van der Waals surface area contributed by atoms with E-state index in [-0.39, 0.29) is 17.0 Å². The molecule has 2 aliphatic rings. The number of esters is 1. The van der Waals surface area contributed by atoms with Gasteiger partial charge in [0.1, 0.15) is 9.84 Å². The van der Waals surface area contributed by atoms with Crippen LogP contribution in [0.4, 0.5) is 0 Å². The van der Waals surface area contributed by atoms with Crippen LogP contribution < -0.4 is 5.32 Å². The van der Waals surface area contributed by atoms with Gasteiger partial charge in [-0.2, -0.15) is 0 Å². The molecule has 0 saturated carbocycles. The van der Waals surface area contributed by atoms with Crippen molar-refractivity contribution in [2.75, 3.05) is 31.8 Å². The number of hydrogen-bond donors (Lipinski definition) is 1. The molecule has 2 fully saturated rings. The van der Waals surface area contributed by atoms with Crippen LogP contribution in [0.1, 0.15) is 12.8 Å². The molecule has 17 heavy (non-hydrogen) atoms. The first-order valence-electron chi connectivity index (χ1n) is 5.61. The molecular formula is C10H17NO5S. The third-order valence-electron chi connectivity index (χ3n) is 3.47. The molecule has 1 unspecified atom stereocenters. The molecule has 7 heteroatoms.